The smallest absolute Gasteiger partial charge is 0.128 e. The van der Waals surface area contributed by atoms with Gasteiger partial charge in [0.1, 0.15) is 12.6 Å². The van der Waals surface area contributed by atoms with Crippen LogP contribution in [0, 0.1) is 0 Å². The Labute approximate surface area is 104 Å². The van der Waals surface area contributed by atoms with Crippen molar-refractivity contribution in [1.29, 1.82) is 0 Å². The van der Waals surface area contributed by atoms with E-state index in [0.717, 1.165) is 16.6 Å². The normalized spacial score (nSPS) is 21.8. The van der Waals surface area contributed by atoms with Crippen LogP contribution in [0.5, 0.6) is 0 Å². The summed E-state index contributed by atoms with van der Waals surface area (Å²) < 4.78 is 1.02. The second-order valence-corrected chi connectivity index (χ2v) is 5.59. The van der Waals surface area contributed by atoms with Crippen LogP contribution in [0.1, 0.15) is 37.4 Å². The van der Waals surface area contributed by atoms with E-state index < -0.39 is 0 Å². The second-order valence-electron chi connectivity index (χ2n) is 5.59. The van der Waals surface area contributed by atoms with Crippen molar-refractivity contribution < 1.29 is 9.59 Å². The highest BCUT2D eigenvalue weighted by atomic mass is 16.3. The van der Waals surface area contributed by atoms with E-state index >= 15 is 0 Å². The molecular weight excluding hydrogens is 210 g/mol. The first-order chi connectivity index (χ1) is 8.20. The van der Waals surface area contributed by atoms with Crippen molar-refractivity contribution in [2.24, 2.45) is 0 Å². The van der Waals surface area contributed by atoms with Gasteiger partial charge in [0.05, 0.1) is 20.1 Å². The Balaban J connectivity index is 1.99. The summed E-state index contributed by atoms with van der Waals surface area (Å²) in [5.41, 5.74) is 1.05. The molecule has 0 aromatic heterocycles. The Morgan fingerprint density at radius 2 is 1.65 bits per heavy atom. The van der Waals surface area contributed by atoms with Crippen molar-refractivity contribution in [3.63, 3.8) is 0 Å². The molecule has 0 unspecified atom stereocenters. The van der Waals surface area contributed by atoms with Crippen LogP contribution in [0.25, 0.3) is 0 Å². The number of likely N-dealkylation sites (tertiary alicyclic amines) is 1. The van der Waals surface area contributed by atoms with E-state index in [1.807, 2.05) is 30.3 Å². The summed E-state index contributed by atoms with van der Waals surface area (Å²) in [4.78, 5) is 0. The topological polar surface area (TPSA) is 20.2 Å². The fourth-order valence-corrected chi connectivity index (χ4v) is 2.83. The van der Waals surface area contributed by atoms with E-state index in [9.17, 15) is 5.11 Å². The lowest BCUT2D eigenvalue weighted by Gasteiger charge is -2.35. The fourth-order valence-electron chi connectivity index (χ4n) is 2.83. The van der Waals surface area contributed by atoms with Gasteiger partial charge in [0.2, 0.25) is 0 Å². The molecule has 1 aliphatic heterocycles. The highest BCUT2D eigenvalue weighted by molar-refractivity contribution is 5.17. The van der Waals surface area contributed by atoms with Gasteiger partial charge in [0.15, 0.2) is 0 Å². The maximum Gasteiger partial charge on any atom is 0.128 e. The van der Waals surface area contributed by atoms with E-state index in [0.29, 0.717) is 0 Å². The molecule has 1 atom stereocenters. The summed E-state index contributed by atoms with van der Waals surface area (Å²) in [7, 11) is 2.29. The van der Waals surface area contributed by atoms with Crippen LogP contribution >= 0.6 is 0 Å². The Kier molecular flexibility index (Phi) is 4.19. The van der Waals surface area contributed by atoms with Gasteiger partial charge in [-0.3, -0.25) is 0 Å². The summed E-state index contributed by atoms with van der Waals surface area (Å²) in [5, 5.41) is 10.3. The van der Waals surface area contributed by atoms with Crippen LogP contribution in [-0.4, -0.2) is 36.3 Å². The van der Waals surface area contributed by atoms with E-state index in [1.165, 1.54) is 38.8 Å². The molecule has 2 nitrogen and oxygen atoms in total. The summed E-state index contributed by atoms with van der Waals surface area (Å²) in [6.07, 6.45) is 5.00. The first kappa shape index (κ1) is 12.6. The molecule has 0 amide bonds. The Hall–Kier alpha value is -0.860. The molecule has 0 bridgehead atoms. The largest absolute Gasteiger partial charge is 0.382 e. The highest BCUT2D eigenvalue weighted by Gasteiger charge is 2.27. The van der Waals surface area contributed by atoms with E-state index in [1.54, 1.807) is 0 Å². The number of benzene rings is 1. The molecule has 1 saturated heterocycles. The number of quaternary nitrogens is 1. The molecule has 1 fully saturated rings. The zero-order chi connectivity index (χ0) is 12.1. The average Bonchev–Trinajstić information content (AvgIpc) is 2.55. The minimum Gasteiger partial charge on any atom is -0.382 e. The van der Waals surface area contributed by atoms with Gasteiger partial charge in [-0.1, -0.05) is 30.3 Å². The average molecular weight is 234 g/mol. The monoisotopic (exact) mass is 234 g/mol. The lowest BCUT2D eigenvalue weighted by atomic mass is 10.1. The Morgan fingerprint density at radius 3 is 2.24 bits per heavy atom. The zero-order valence-electron chi connectivity index (χ0n) is 10.8. The molecule has 0 radical (unpaired) electrons. The number of likely N-dealkylation sites (N-methyl/N-ethyl adjacent to an activating group) is 1. The predicted molar refractivity (Wildman–Crippen MR) is 70.7 cm³/mol. The maximum absolute atomic E-state index is 10.3. The first-order valence-corrected chi connectivity index (χ1v) is 6.76. The quantitative estimate of drug-likeness (QED) is 0.797. The van der Waals surface area contributed by atoms with Crippen molar-refractivity contribution >= 4 is 0 Å². The third-order valence-electron chi connectivity index (χ3n) is 3.94. The Morgan fingerprint density at radius 1 is 1.06 bits per heavy atom. The van der Waals surface area contributed by atoms with Crippen LogP contribution in [0.15, 0.2) is 30.3 Å². The van der Waals surface area contributed by atoms with Crippen molar-refractivity contribution in [1.82, 2.24) is 0 Å². The Bertz CT molecular complexity index is 328. The van der Waals surface area contributed by atoms with Gasteiger partial charge in [-0.05, 0) is 31.2 Å². The molecule has 1 aromatic carbocycles. The van der Waals surface area contributed by atoms with Gasteiger partial charge in [-0.15, -0.1) is 0 Å². The fraction of sp³-hybridized carbons (Fsp3) is 0.600. The zero-order valence-corrected chi connectivity index (χ0v) is 10.8. The molecule has 94 valence electrons. The third-order valence-corrected chi connectivity index (χ3v) is 3.94. The van der Waals surface area contributed by atoms with Crippen LogP contribution < -0.4 is 0 Å². The number of rotatable bonds is 3. The first-order valence-electron chi connectivity index (χ1n) is 6.76. The standard InChI is InChI=1S/C15H24NO/c1-16(11-7-2-3-8-12-16)13-15(17)14-9-5-4-6-10-14/h4-6,9-10,15,17H,2-3,7-8,11-13H2,1H3/q+1/t15-/m0/s1. The molecule has 1 aromatic rings. The third kappa shape index (κ3) is 3.55. The van der Waals surface area contributed by atoms with E-state index in [2.05, 4.69) is 7.05 Å². The van der Waals surface area contributed by atoms with Crippen LogP contribution in [0.2, 0.25) is 0 Å². The minimum atomic E-state index is -0.320. The van der Waals surface area contributed by atoms with Crippen molar-refractivity contribution in [3.8, 4) is 0 Å². The SMILES string of the molecule is C[N+]1(C[C@H](O)c2ccccc2)CCCCCC1. The van der Waals surface area contributed by atoms with Crippen molar-refractivity contribution in [2.45, 2.75) is 31.8 Å². The molecule has 17 heavy (non-hydrogen) atoms. The summed E-state index contributed by atoms with van der Waals surface area (Å²) in [6, 6.07) is 10.0. The minimum absolute atomic E-state index is 0.320. The molecule has 1 heterocycles. The number of aliphatic hydroxyl groups is 1. The van der Waals surface area contributed by atoms with Gasteiger partial charge in [0.25, 0.3) is 0 Å². The summed E-state index contributed by atoms with van der Waals surface area (Å²) in [5.74, 6) is 0. The predicted octanol–water partition coefficient (Wildman–Crippen LogP) is 2.74. The molecule has 2 heteroatoms. The van der Waals surface area contributed by atoms with Gasteiger partial charge >= 0.3 is 0 Å². The molecule has 1 N–H and O–H groups in total. The molecule has 2 rings (SSSR count). The molecule has 1 aliphatic rings. The molecule has 0 saturated carbocycles. The molecular formula is C15H24NO+. The van der Waals surface area contributed by atoms with Crippen LogP contribution in [0.3, 0.4) is 0 Å². The summed E-state index contributed by atoms with van der Waals surface area (Å²) >= 11 is 0. The number of hydrogen-bond acceptors (Lipinski definition) is 1. The number of hydrogen-bond donors (Lipinski definition) is 1. The lowest BCUT2D eigenvalue weighted by Crippen LogP contribution is -2.47. The molecule has 0 spiro atoms. The van der Waals surface area contributed by atoms with Crippen molar-refractivity contribution in [3.05, 3.63) is 35.9 Å². The van der Waals surface area contributed by atoms with Gasteiger partial charge in [0, 0.05) is 0 Å². The van der Waals surface area contributed by atoms with E-state index in [4.69, 9.17) is 0 Å². The van der Waals surface area contributed by atoms with Gasteiger partial charge < -0.3 is 9.59 Å². The van der Waals surface area contributed by atoms with Gasteiger partial charge in [-0.2, -0.15) is 0 Å². The lowest BCUT2D eigenvalue weighted by molar-refractivity contribution is -0.912. The summed E-state index contributed by atoms with van der Waals surface area (Å²) in [6.45, 7) is 3.28. The van der Waals surface area contributed by atoms with Crippen LogP contribution in [0.4, 0.5) is 0 Å². The van der Waals surface area contributed by atoms with Crippen molar-refractivity contribution in [2.75, 3.05) is 26.7 Å². The number of aliphatic hydroxyl groups excluding tert-OH is 1. The maximum atomic E-state index is 10.3. The van der Waals surface area contributed by atoms with Gasteiger partial charge in [-0.25, -0.2) is 0 Å². The highest BCUT2D eigenvalue weighted by Crippen LogP contribution is 2.21. The van der Waals surface area contributed by atoms with E-state index in [-0.39, 0.29) is 6.10 Å². The molecule has 0 aliphatic carbocycles. The number of nitrogens with zero attached hydrogens (tertiary/aromatic N) is 1. The van der Waals surface area contributed by atoms with Crippen LogP contribution in [-0.2, 0) is 0 Å². The second kappa shape index (κ2) is 5.65.